The van der Waals surface area contributed by atoms with E-state index in [1.165, 1.54) is 18.3 Å². The summed E-state index contributed by atoms with van der Waals surface area (Å²) in [7, 11) is -3.85. The smallest absolute Gasteiger partial charge is 0.243 e. The Morgan fingerprint density at radius 1 is 1.08 bits per heavy atom. The van der Waals surface area contributed by atoms with E-state index in [-0.39, 0.29) is 16.6 Å². The van der Waals surface area contributed by atoms with Crippen LogP contribution in [-0.4, -0.2) is 25.1 Å². The van der Waals surface area contributed by atoms with Gasteiger partial charge in [-0.2, -0.15) is 0 Å². The summed E-state index contributed by atoms with van der Waals surface area (Å²) in [6.45, 7) is -0.165. The molecule has 1 unspecified atom stereocenters. The van der Waals surface area contributed by atoms with E-state index < -0.39 is 16.1 Å². The first-order valence-corrected chi connectivity index (χ1v) is 9.11. The lowest BCUT2D eigenvalue weighted by Crippen LogP contribution is -2.29. The number of aliphatic hydroxyl groups excluding tert-OH is 1. The molecular weight excluding hydrogens is 348 g/mol. The van der Waals surface area contributed by atoms with Crippen molar-refractivity contribution in [2.24, 2.45) is 0 Å². The van der Waals surface area contributed by atoms with Crippen molar-refractivity contribution in [3.8, 4) is 0 Å². The number of rotatable bonds is 5. The molecule has 3 aromatic rings. The van der Waals surface area contributed by atoms with Crippen LogP contribution in [0.25, 0.3) is 10.8 Å². The van der Waals surface area contributed by atoms with E-state index in [2.05, 4.69) is 9.71 Å². The molecule has 1 heterocycles. The molecule has 0 fully saturated rings. The van der Waals surface area contributed by atoms with Crippen molar-refractivity contribution in [1.29, 1.82) is 0 Å². The maximum atomic E-state index is 12.3. The molecule has 124 valence electrons. The topological polar surface area (TPSA) is 79.3 Å². The molecule has 1 atom stereocenters. The molecule has 3 rings (SSSR count). The normalized spacial score (nSPS) is 13.1. The molecule has 7 heteroatoms. The van der Waals surface area contributed by atoms with E-state index in [9.17, 15) is 13.5 Å². The van der Waals surface area contributed by atoms with Crippen molar-refractivity contribution in [1.82, 2.24) is 9.71 Å². The lowest BCUT2D eigenvalue weighted by atomic mass is 10.0. The molecule has 0 bridgehead atoms. The molecule has 0 spiro atoms. The van der Waals surface area contributed by atoms with Gasteiger partial charge in [-0.1, -0.05) is 54.1 Å². The second-order valence-corrected chi connectivity index (χ2v) is 7.32. The highest BCUT2D eigenvalue weighted by Gasteiger charge is 2.20. The van der Waals surface area contributed by atoms with Crippen LogP contribution in [0.15, 0.2) is 65.7 Å². The van der Waals surface area contributed by atoms with Crippen LogP contribution in [0.2, 0.25) is 5.15 Å². The fraction of sp³-hybridized carbons (Fsp3) is 0.118. The third-order valence-corrected chi connectivity index (χ3v) is 5.53. The van der Waals surface area contributed by atoms with Crippen molar-refractivity contribution in [3.63, 3.8) is 0 Å². The van der Waals surface area contributed by atoms with Crippen molar-refractivity contribution in [2.75, 3.05) is 6.54 Å². The Bertz CT molecular complexity index is 971. The van der Waals surface area contributed by atoms with Crippen LogP contribution >= 0.6 is 11.6 Å². The third kappa shape index (κ3) is 3.42. The van der Waals surface area contributed by atoms with Crippen LogP contribution in [-0.2, 0) is 10.0 Å². The van der Waals surface area contributed by atoms with Crippen molar-refractivity contribution in [2.45, 2.75) is 11.0 Å². The van der Waals surface area contributed by atoms with Crippen LogP contribution in [0, 0.1) is 0 Å². The molecule has 5 nitrogen and oxygen atoms in total. The van der Waals surface area contributed by atoms with Gasteiger partial charge in [0.25, 0.3) is 0 Å². The largest absolute Gasteiger partial charge is 0.387 e. The molecule has 0 saturated heterocycles. The summed E-state index contributed by atoms with van der Waals surface area (Å²) in [5.74, 6) is 0. The zero-order valence-electron chi connectivity index (χ0n) is 12.6. The number of nitrogens with zero attached hydrogens (tertiary/aromatic N) is 1. The highest BCUT2D eigenvalue weighted by Crippen LogP contribution is 2.24. The summed E-state index contributed by atoms with van der Waals surface area (Å²) in [5, 5.41) is 12.2. The summed E-state index contributed by atoms with van der Waals surface area (Å²) in [6, 6.07) is 16.0. The number of fused-ring (bicyclic) bond motifs is 1. The molecule has 0 amide bonds. The van der Waals surface area contributed by atoms with Gasteiger partial charge < -0.3 is 5.11 Å². The monoisotopic (exact) mass is 362 g/mol. The van der Waals surface area contributed by atoms with Gasteiger partial charge in [-0.25, -0.2) is 18.1 Å². The quantitative estimate of drug-likeness (QED) is 0.684. The zero-order valence-corrected chi connectivity index (χ0v) is 14.1. The predicted molar refractivity (Wildman–Crippen MR) is 93.3 cm³/mol. The second-order valence-electron chi connectivity index (χ2n) is 5.23. The number of aromatic nitrogens is 1. The van der Waals surface area contributed by atoms with E-state index in [4.69, 9.17) is 11.6 Å². The van der Waals surface area contributed by atoms with Crippen molar-refractivity contribution >= 4 is 32.4 Å². The molecule has 2 N–H and O–H groups in total. The van der Waals surface area contributed by atoms with Crippen LogP contribution in [0.5, 0.6) is 0 Å². The lowest BCUT2D eigenvalue weighted by Gasteiger charge is -2.15. The fourth-order valence-electron chi connectivity index (χ4n) is 2.49. The molecule has 24 heavy (non-hydrogen) atoms. The van der Waals surface area contributed by atoms with Gasteiger partial charge in [0.05, 0.1) is 6.10 Å². The highest BCUT2D eigenvalue weighted by molar-refractivity contribution is 7.89. The van der Waals surface area contributed by atoms with E-state index >= 15 is 0 Å². The zero-order chi connectivity index (χ0) is 17.2. The third-order valence-electron chi connectivity index (χ3n) is 3.66. The standard InChI is InChI=1S/C17H15ClN2O3S/c18-17-16(9-4-10-19-17)24(22,23)20-11-15(21)14-8-3-6-12-5-1-2-7-13(12)14/h1-10,15,20-21H,11H2. The maximum Gasteiger partial charge on any atom is 0.243 e. The summed E-state index contributed by atoms with van der Waals surface area (Å²) in [5.41, 5.74) is 0.660. The SMILES string of the molecule is O=S(=O)(NCC(O)c1cccc2ccccc12)c1cccnc1Cl. The number of halogens is 1. The number of hydrogen-bond donors (Lipinski definition) is 2. The molecule has 0 saturated carbocycles. The summed E-state index contributed by atoms with van der Waals surface area (Å²) >= 11 is 5.83. The average Bonchev–Trinajstić information content (AvgIpc) is 2.59. The predicted octanol–water partition coefficient (Wildman–Crippen LogP) is 2.90. The van der Waals surface area contributed by atoms with Crippen LogP contribution in [0.3, 0.4) is 0 Å². The summed E-state index contributed by atoms with van der Waals surface area (Å²) in [6.07, 6.45) is 0.424. The number of pyridine rings is 1. The molecule has 1 aromatic heterocycles. The minimum atomic E-state index is -3.85. The number of hydrogen-bond acceptors (Lipinski definition) is 4. The van der Waals surface area contributed by atoms with Crippen molar-refractivity contribution in [3.05, 3.63) is 71.5 Å². The summed E-state index contributed by atoms with van der Waals surface area (Å²) < 4.78 is 27.0. The molecule has 0 radical (unpaired) electrons. The van der Waals surface area contributed by atoms with Gasteiger partial charge in [-0.05, 0) is 28.5 Å². The number of benzene rings is 2. The number of nitrogens with one attached hydrogen (secondary N) is 1. The van der Waals surface area contributed by atoms with E-state index in [1.807, 2.05) is 36.4 Å². The first-order valence-electron chi connectivity index (χ1n) is 7.25. The van der Waals surface area contributed by atoms with E-state index in [1.54, 1.807) is 6.07 Å². The first kappa shape index (κ1) is 16.9. The van der Waals surface area contributed by atoms with Crippen molar-refractivity contribution < 1.29 is 13.5 Å². The maximum absolute atomic E-state index is 12.3. The average molecular weight is 363 g/mol. The van der Waals surface area contributed by atoms with Crippen LogP contribution in [0.4, 0.5) is 0 Å². The van der Waals surface area contributed by atoms with Gasteiger partial charge in [-0.3, -0.25) is 0 Å². The molecule has 0 aliphatic carbocycles. The van der Waals surface area contributed by atoms with Crippen LogP contribution in [0.1, 0.15) is 11.7 Å². The number of sulfonamides is 1. The van der Waals surface area contributed by atoms with Gasteiger partial charge >= 0.3 is 0 Å². The Morgan fingerprint density at radius 2 is 1.83 bits per heavy atom. The lowest BCUT2D eigenvalue weighted by molar-refractivity contribution is 0.183. The Kier molecular flexibility index (Phi) is 4.82. The minimum Gasteiger partial charge on any atom is -0.387 e. The highest BCUT2D eigenvalue weighted by atomic mass is 35.5. The van der Waals surface area contributed by atoms with Crippen LogP contribution < -0.4 is 4.72 Å². The Morgan fingerprint density at radius 3 is 2.62 bits per heavy atom. The molecule has 2 aromatic carbocycles. The Labute approximate surface area is 145 Å². The molecule has 0 aliphatic heterocycles. The fourth-order valence-corrected chi connectivity index (χ4v) is 3.98. The van der Waals surface area contributed by atoms with E-state index in [0.29, 0.717) is 5.56 Å². The Hall–Kier alpha value is -1.99. The van der Waals surface area contributed by atoms with Gasteiger partial charge in [0, 0.05) is 12.7 Å². The van der Waals surface area contributed by atoms with Gasteiger partial charge in [0.2, 0.25) is 10.0 Å². The second kappa shape index (κ2) is 6.86. The van der Waals surface area contributed by atoms with Gasteiger partial charge in [0.1, 0.15) is 10.0 Å². The molecule has 0 aliphatic rings. The van der Waals surface area contributed by atoms with Gasteiger partial charge in [-0.15, -0.1) is 0 Å². The first-order chi connectivity index (χ1) is 11.5. The molecular formula is C17H15ClN2O3S. The van der Waals surface area contributed by atoms with E-state index in [0.717, 1.165) is 10.8 Å². The minimum absolute atomic E-state index is 0.107. The summed E-state index contributed by atoms with van der Waals surface area (Å²) in [4.78, 5) is 3.64. The number of aliphatic hydroxyl groups is 1. The Balaban J connectivity index is 1.83. The van der Waals surface area contributed by atoms with Gasteiger partial charge in [0.15, 0.2) is 0 Å².